The van der Waals surface area contributed by atoms with Gasteiger partial charge in [-0.25, -0.2) is 13.2 Å². The Hall–Kier alpha value is -2.69. The zero-order valence-corrected chi connectivity index (χ0v) is 17.6. The summed E-state index contributed by atoms with van der Waals surface area (Å²) >= 11 is 4.27. The van der Waals surface area contributed by atoms with Crippen LogP contribution < -0.4 is 4.74 Å². The Bertz CT molecular complexity index is 1120. The van der Waals surface area contributed by atoms with Crippen molar-refractivity contribution in [3.63, 3.8) is 0 Å². The molecule has 0 radical (unpaired) electrons. The Balaban J connectivity index is 1.58. The van der Waals surface area contributed by atoms with Gasteiger partial charge in [0, 0.05) is 10.8 Å². The van der Waals surface area contributed by atoms with Crippen molar-refractivity contribution < 1.29 is 40.6 Å². The second-order valence-electron chi connectivity index (χ2n) is 7.28. The molecule has 10 heteroatoms. The van der Waals surface area contributed by atoms with E-state index in [-0.39, 0.29) is 16.4 Å². The van der Waals surface area contributed by atoms with Crippen molar-refractivity contribution in [2.45, 2.75) is 17.9 Å². The molecule has 0 spiro atoms. The second kappa shape index (κ2) is 9.28. The Labute approximate surface area is 190 Å². The fraction of sp³-hybridized carbons (Fsp3) is 0.217. The maximum atomic E-state index is 14.8. The van der Waals surface area contributed by atoms with Crippen molar-refractivity contribution in [1.29, 1.82) is 0 Å². The average molecular weight is 486 g/mol. The molecule has 3 aromatic carbocycles. The van der Waals surface area contributed by atoms with Crippen molar-refractivity contribution in [1.82, 2.24) is 0 Å². The van der Waals surface area contributed by atoms with Crippen LogP contribution in [0.4, 0.5) is 26.3 Å². The van der Waals surface area contributed by atoms with E-state index in [1.807, 2.05) is 0 Å². The van der Waals surface area contributed by atoms with Crippen LogP contribution in [0.15, 0.2) is 54.6 Å². The molecule has 3 aromatic rings. The van der Waals surface area contributed by atoms with E-state index in [2.05, 4.69) is 17.4 Å². The van der Waals surface area contributed by atoms with Crippen molar-refractivity contribution in [3.8, 4) is 28.0 Å². The molecule has 0 bridgehead atoms. The van der Waals surface area contributed by atoms with E-state index in [9.17, 15) is 26.3 Å². The highest BCUT2D eigenvalue weighted by Crippen LogP contribution is 2.35. The molecule has 33 heavy (non-hydrogen) atoms. The van der Waals surface area contributed by atoms with Crippen molar-refractivity contribution in [2.24, 2.45) is 0 Å². The third-order valence-electron chi connectivity index (χ3n) is 4.88. The Morgan fingerprint density at radius 2 is 1.30 bits per heavy atom. The van der Waals surface area contributed by atoms with Gasteiger partial charge < -0.3 is 14.2 Å². The summed E-state index contributed by atoms with van der Waals surface area (Å²) in [6.45, 7) is 0.856. The third kappa shape index (κ3) is 5.45. The first kappa shape index (κ1) is 23.5. The number of benzene rings is 3. The van der Waals surface area contributed by atoms with Gasteiger partial charge in [-0.2, -0.15) is 12.6 Å². The van der Waals surface area contributed by atoms with E-state index in [1.54, 1.807) is 24.3 Å². The molecule has 0 aromatic heterocycles. The highest BCUT2D eigenvalue weighted by Gasteiger charge is 2.32. The number of halogens is 6. The van der Waals surface area contributed by atoms with Gasteiger partial charge in [0.1, 0.15) is 11.6 Å². The Morgan fingerprint density at radius 3 is 1.85 bits per heavy atom. The van der Waals surface area contributed by atoms with Gasteiger partial charge in [-0.05, 0) is 41.0 Å². The van der Waals surface area contributed by atoms with Crippen LogP contribution in [0.25, 0.3) is 22.3 Å². The third-order valence-corrected chi connectivity index (χ3v) is 5.18. The molecule has 0 atom stereocenters. The minimum Gasteiger partial charge on any atom is -0.403 e. The Kier molecular flexibility index (Phi) is 6.60. The van der Waals surface area contributed by atoms with E-state index in [0.29, 0.717) is 30.9 Å². The largest absolute Gasteiger partial charge is 0.573 e. The SMILES string of the molecule is Fc1cc(-c2c(F)cc(-c3ccc(C4OCC(S)CO4)cc3)cc2F)ccc1OC(F)(F)F. The smallest absolute Gasteiger partial charge is 0.403 e. The standard InChI is InChI=1S/C23H16F6O3S/c24-17-7-14(5-6-20(17)32-23(27,28)29)21-18(25)8-15(9-19(21)26)12-1-3-13(4-2-12)22-30-10-16(33)11-31-22/h1-9,16,22,33H,10-11H2. The summed E-state index contributed by atoms with van der Waals surface area (Å²) in [7, 11) is 0. The zero-order valence-electron chi connectivity index (χ0n) is 16.7. The molecule has 4 rings (SSSR count). The molecule has 3 nitrogen and oxygen atoms in total. The zero-order chi connectivity index (χ0) is 23.8. The van der Waals surface area contributed by atoms with Crippen LogP contribution in [0, 0.1) is 17.5 Å². The molecular formula is C23H16F6O3S. The fourth-order valence-electron chi connectivity index (χ4n) is 3.40. The van der Waals surface area contributed by atoms with E-state index >= 15 is 0 Å². The van der Waals surface area contributed by atoms with Crippen molar-refractivity contribution in [3.05, 3.63) is 77.6 Å². The number of hydrogen-bond donors (Lipinski definition) is 1. The van der Waals surface area contributed by atoms with Crippen LogP contribution in [0.3, 0.4) is 0 Å². The first-order chi connectivity index (χ1) is 15.6. The molecule has 1 heterocycles. The average Bonchev–Trinajstić information content (AvgIpc) is 2.75. The topological polar surface area (TPSA) is 27.7 Å². The van der Waals surface area contributed by atoms with Gasteiger partial charge in [0.05, 0.1) is 18.8 Å². The van der Waals surface area contributed by atoms with Crippen molar-refractivity contribution in [2.75, 3.05) is 13.2 Å². The molecule has 174 valence electrons. The number of thiol groups is 1. The van der Waals surface area contributed by atoms with E-state index in [1.165, 1.54) is 0 Å². The normalized spacial score (nSPS) is 18.9. The monoisotopic (exact) mass is 486 g/mol. The van der Waals surface area contributed by atoms with Gasteiger partial charge in [-0.3, -0.25) is 0 Å². The van der Waals surface area contributed by atoms with Gasteiger partial charge in [0.25, 0.3) is 0 Å². The van der Waals surface area contributed by atoms with Gasteiger partial charge in [0.2, 0.25) is 0 Å². The highest BCUT2D eigenvalue weighted by molar-refractivity contribution is 7.81. The van der Waals surface area contributed by atoms with Gasteiger partial charge in [0.15, 0.2) is 17.9 Å². The molecule has 0 N–H and O–H groups in total. The van der Waals surface area contributed by atoms with E-state index in [4.69, 9.17) is 9.47 Å². The van der Waals surface area contributed by atoms with Crippen LogP contribution in [0.1, 0.15) is 11.9 Å². The van der Waals surface area contributed by atoms with Crippen LogP contribution in [-0.4, -0.2) is 24.8 Å². The minimum atomic E-state index is -5.10. The predicted molar refractivity (Wildman–Crippen MR) is 111 cm³/mol. The molecule has 0 unspecified atom stereocenters. The molecule has 1 fully saturated rings. The molecule has 1 aliphatic heterocycles. The van der Waals surface area contributed by atoms with Gasteiger partial charge in [-0.15, -0.1) is 13.2 Å². The molecular weight excluding hydrogens is 470 g/mol. The maximum Gasteiger partial charge on any atom is 0.573 e. The maximum absolute atomic E-state index is 14.8. The predicted octanol–water partition coefficient (Wildman–Crippen LogP) is 6.68. The quantitative estimate of drug-likeness (QED) is 0.329. The van der Waals surface area contributed by atoms with E-state index in [0.717, 1.165) is 23.8 Å². The lowest BCUT2D eigenvalue weighted by atomic mass is 9.98. The number of ether oxygens (including phenoxy) is 3. The summed E-state index contributed by atoms with van der Waals surface area (Å²) in [5.74, 6) is -4.51. The summed E-state index contributed by atoms with van der Waals surface area (Å²) in [4.78, 5) is 0. The molecule has 0 aliphatic carbocycles. The van der Waals surface area contributed by atoms with Gasteiger partial charge >= 0.3 is 6.36 Å². The lowest BCUT2D eigenvalue weighted by molar-refractivity contribution is -0.275. The van der Waals surface area contributed by atoms with Crippen LogP contribution in [-0.2, 0) is 9.47 Å². The molecule has 1 saturated heterocycles. The summed E-state index contributed by atoms with van der Waals surface area (Å²) in [5, 5.41) is -0.00756. The number of hydrogen-bond acceptors (Lipinski definition) is 4. The summed E-state index contributed by atoms with van der Waals surface area (Å²) in [5.41, 5.74) is 0.615. The molecule has 0 amide bonds. The van der Waals surface area contributed by atoms with E-state index < -0.39 is 41.4 Å². The Morgan fingerprint density at radius 1 is 0.758 bits per heavy atom. The fourth-order valence-corrected chi connectivity index (χ4v) is 3.57. The highest BCUT2D eigenvalue weighted by atomic mass is 32.1. The lowest BCUT2D eigenvalue weighted by Gasteiger charge is -2.27. The minimum absolute atomic E-state index is 0.00756. The van der Waals surface area contributed by atoms with Crippen LogP contribution in [0.2, 0.25) is 0 Å². The first-order valence-corrected chi connectivity index (χ1v) is 10.2. The second-order valence-corrected chi connectivity index (χ2v) is 8.01. The van der Waals surface area contributed by atoms with Gasteiger partial charge in [-0.1, -0.05) is 30.3 Å². The number of alkyl halides is 3. The van der Waals surface area contributed by atoms with Crippen molar-refractivity contribution >= 4 is 12.6 Å². The first-order valence-electron chi connectivity index (χ1n) is 9.67. The lowest BCUT2D eigenvalue weighted by Crippen LogP contribution is -2.27. The van der Waals surface area contributed by atoms with Crippen LogP contribution >= 0.6 is 12.6 Å². The summed E-state index contributed by atoms with van der Waals surface area (Å²) in [6.07, 6.45) is -5.65. The summed E-state index contributed by atoms with van der Waals surface area (Å²) < 4.78 is 95.1. The molecule has 0 saturated carbocycles. The molecule has 1 aliphatic rings. The van der Waals surface area contributed by atoms with Crippen LogP contribution in [0.5, 0.6) is 5.75 Å². The number of rotatable bonds is 4. The summed E-state index contributed by atoms with van der Waals surface area (Å²) in [6, 6.07) is 11.0.